The fourth-order valence-electron chi connectivity index (χ4n) is 4.10. The smallest absolute Gasteiger partial charge is 0.122 e. The van der Waals surface area contributed by atoms with Crippen molar-refractivity contribution in [1.82, 2.24) is 10.2 Å². The Labute approximate surface area is 193 Å². The summed E-state index contributed by atoms with van der Waals surface area (Å²) in [7, 11) is 0. The van der Waals surface area contributed by atoms with Crippen LogP contribution in [0.15, 0.2) is 42.5 Å². The Kier molecular flexibility index (Phi) is 8.97. The summed E-state index contributed by atoms with van der Waals surface area (Å²) < 4.78 is 11.8. The van der Waals surface area contributed by atoms with E-state index in [1.54, 1.807) is 0 Å². The van der Waals surface area contributed by atoms with Crippen molar-refractivity contribution in [3.8, 4) is 11.5 Å². The number of unbranched alkanes of at least 4 members (excludes halogenated alkanes) is 1. The molecule has 0 saturated carbocycles. The highest BCUT2D eigenvalue weighted by Crippen LogP contribution is 2.34. The molecular weight excluding hydrogens is 400 g/mol. The summed E-state index contributed by atoms with van der Waals surface area (Å²) >= 11 is 0. The molecule has 0 aromatic heterocycles. The molecular formula is C27H40N2O3. The first kappa shape index (κ1) is 24.6. The zero-order valence-corrected chi connectivity index (χ0v) is 20.2. The van der Waals surface area contributed by atoms with Crippen LogP contribution in [-0.4, -0.2) is 62.0 Å². The lowest BCUT2D eigenvalue weighted by atomic mass is 9.77. The molecule has 3 rings (SSSR count). The third-order valence-electron chi connectivity index (χ3n) is 6.35. The van der Waals surface area contributed by atoms with Gasteiger partial charge in [-0.05, 0) is 48.2 Å². The number of rotatable bonds is 11. The monoisotopic (exact) mass is 440 g/mol. The van der Waals surface area contributed by atoms with E-state index in [0.29, 0.717) is 13.2 Å². The molecule has 0 spiro atoms. The van der Waals surface area contributed by atoms with Gasteiger partial charge < -0.3 is 19.9 Å². The molecule has 2 aromatic rings. The summed E-state index contributed by atoms with van der Waals surface area (Å²) in [5, 5.41) is 13.6. The number of aliphatic hydroxyl groups excluding tert-OH is 1. The molecule has 1 saturated heterocycles. The Morgan fingerprint density at radius 3 is 2.38 bits per heavy atom. The van der Waals surface area contributed by atoms with E-state index < -0.39 is 6.10 Å². The zero-order chi connectivity index (χ0) is 23.0. The van der Waals surface area contributed by atoms with E-state index in [9.17, 15) is 5.11 Å². The number of β-amino-alcohol motifs (C(OH)–C–C–N with tert-alkyl or cyclic N) is 1. The third kappa shape index (κ3) is 6.71. The van der Waals surface area contributed by atoms with Crippen molar-refractivity contribution in [1.29, 1.82) is 0 Å². The summed E-state index contributed by atoms with van der Waals surface area (Å²) in [6.07, 6.45) is 1.73. The molecule has 1 aliphatic heterocycles. The Balaban J connectivity index is 1.57. The van der Waals surface area contributed by atoms with Crippen LogP contribution in [0.5, 0.6) is 11.5 Å². The molecule has 5 nitrogen and oxygen atoms in total. The zero-order valence-electron chi connectivity index (χ0n) is 20.2. The molecule has 1 fully saturated rings. The number of nitrogens with zero attached hydrogens (tertiary/aromatic N) is 1. The minimum absolute atomic E-state index is 0.132. The standard InChI is InChI=1S/C27H40N2O3/c1-5-6-17-31-26-12-9-23(18-21(26)2)27(3,4)22-7-10-25(11-8-22)32-20-24(30)19-29-15-13-28-14-16-29/h7-12,18,24,28,30H,5-6,13-17,19-20H2,1-4H3. The number of benzene rings is 2. The minimum Gasteiger partial charge on any atom is -0.493 e. The predicted octanol–water partition coefficient (Wildman–Crippen LogP) is 4.14. The molecule has 2 aromatic carbocycles. The Hall–Kier alpha value is -2.08. The molecule has 176 valence electrons. The SMILES string of the molecule is CCCCOc1ccc(C(C)(C)c2ccc(OCC(O)CN3CCNCC3)cc2)cc1C. The van der Waals surface area contributed by atoms with E-state index in [4.69, 9.17) is 9.47 Å². The highest BCUT2D eigenvalue weighted by molar-refractivity contribution is 5.45. The summed E-state index contributed by atoms with van der Waals surface area (Å²) in [5.74, 6) is 1.76. The number of aliphatic hydroxyl groups is 1. The van der Waals surface area contributed by atoms with E-state index in [1.165, 1.54) is 16.7 Å². The van der Waals surface area contributed by atoms with E-state index in [2.05, 4.69) is 68.2 Å². The maximum atomic E-state index is 10.3. The molecule has 1 aliphatic rings. The number of nitrogens with one attached hydrogen (secondary N) is 1. The maximum absolute atomic E-state index is 10.3. The normalized spacial score (nSPS) is 16.0. The van der Waals surface area contributed by atoms with Crippen LogP contribution < -0.4 is 14.8 Å². The lowest BCUT2D eigenvalue weighted by Crippen LogP contribution is -2.47. The molecule has 1 unspecified atom stereocenters. The van der Waals surface area contributed by atoms with Crippen molar-refractivity contribution >= 4 is 0 Å². The van der Waals surface area contributed by atoms with Crippen molar-refractivity contribution in [3.05, 3.63) is 59.2 Å². The molecule has 1 heterocycles. The molecule has 0 bridgehead atoms. The van der Waals surface area contributed by atoms with Crippen LogP contribution in [0.3, 0.4) is 0 Å². The number of piperazine rings is 1. The van der Waals surface area contributed by atoms with Gasteiger partial charge in [-0.3, -0.25) is 4.90 Å². The van der Waals surface area contributed by atoms with Crippen LogP contribution in [0.2, 0.25) is 0 Å². The quantitative estimate of drug-likeness (QED) is 0.514. The lowest BCUT2D eigenvalue weighted by molar-refractivity contribution is 0.0641. The molecule has 2 N–H and O–H groups in total. The Bertz CT molecular complexity index is 829. The second-order valence-electron chi connectivity index (χ2n) is 9.35. The van der Waals surface area contributed by atoms with Crippen LogP contribution in [-0.2, 0) is 5.41 Å². The maximum Gasteiger partial charge on any atom is 0.122 e. The third-order valence-corrected chi connectivity index (χ3v) is 6.35. The minimum atomic E-state index is -0.481. The molecule has 0 aliphatic carbocycles. The van der Waals surface area contributed by atoms with Crippen molar-refractivity contribution in [3.63, 3.8) is 0 Å². The average Bonchev–Trinajstić information content (AvgIpc) is 2.80. The van der Waals surface area contributed by atoms with E-state index in [-0.39, 0.29) is 5.41 Å². The Morgan fingerprint density at radius 2 is 1.72 bits per heavy atom. The van der Waals surface area contributed by atoms with Gasteiger partial charge in [0, 0.05) is 38.1 Å². The van der Waals surface area contributed by atoms with Gasteiger partial charge >= 0.3 is 0 Å². The summed E-state index contributed by atoms with van der Waals surface area (Å²) in [6.45, 7) is 14.4. The first-order chi connectivity index (χ1) is 15.4. The van der Waals surface area contributed by atoms with Crippen molar-refractivity contribution in [2.24, 2.45) is 0 Å². The van der Waals surface area contributed by atoms with Gasteiger partial charge in [-0.15, -0.1) is 0 Å². The van der Waals surface area contributed by atoms with E-state index in [1.807, 2.05) is 12.1 Å². The highest BCUT2D eigenvalue weighted by atomic mass is 16.5. The Morgan fingerprint density at radius 1 is 1.03 bits per heavy atom. The summed E-state index contributed by atoms with van der Waals surface area (Å²) in [4.78, 5) is 2.28. The fraction of sp³-hybridized carbons (Fsp3) is 0.556. The molecule has 1 atom stereocenters. The van der Waals surface area contributed by atoms with Crippen LogP contribution in [0.1, 0.15) is 50.3 Å². The summed E-state index contributed by atoms with van der Waals surface area (Å²) in [5.41, 5.74) is 3.53. The van der Waals surface area contributed by atoms with Crippen molar-refractivity contribution in [2.45, 2.75) is 52.1 Å². The molecule has 0 amide bonds. The van der Waals surface area contributed by atoms with Crippen molar-refractivity contribution < 1.29 is 14.6 Å². The first-order valence-electron chi connectivity index (χ1n) is 12.0. The van der Waals surface area contributed by atoms with Gasteiger partial charge in [-0.25, -0.2) is 0 Å². The van der Waals surface area contributed by atoms with Crippen molar-refractivity contribution in [2.75, 3.05) is 45.9 Å². The summed E-state index contributed by atoms with van der Waals surface area (Å²) in [6, 6.07) is 14.8. The second-order valence-corrected chi connectivity index (χ2v) is 9.35. The van der Waals surface area contributed by atoms with Gasteiger partial charge in [0.05, 0.1) is 6.61 Å². The van der Waals surface area contributed by atoms with Crippen LogP contribution in [0.25, 0.3) is 0 Å². The van der Waals surface area contributed by atoms with Gasteiger partial charge in [0.25, 0.3) is 0 Å². The van der Waals surface area contributed by atoms with Crippen LogP contribution in [0, 0.1) is 6.92 Å². The van der Waals surface area contributed by atoms with Gasteiger partial charge in [-0.2, -0.15) is 0 Å². The number of aryl methyl sites for hydroxylation is 1. The van der Waals surface area contributed by atoms with Crippen LogP contribution in [0.4, 0.5) is 0 Å². The number of hydrogen-bond donors (Lipinski definition) is 2. The topological polar surface area (TPSA) is 54.0 Å². The fourth-order valence-corrected chi connectivity index (χ4v) is 4.10. The second kappa shape index (κ2) is 11.7. The van der Waals surface area contributed by atoms with Gasteiger partial charge in [0.2, 0.25) is 0 Å². The molecule has 5 heteroatoms. The van der Waals surface area contributed by atoms with Gasteiger partial charge in [-0.1, -0.05) is 51.5 Å². The van der Waals surface area contributed by atoms with E-state index >= 15 is 0 Å². The number of ether oxygens (including phenoxy) is 2. The number of hydrogen-bond acceptors (Lipinski definition) is 5. The largest absolute Gasteiger partial charge is 0.493 e. The predicted molar refractivity (Wildman–Crippen MR) is 131 cm³/mol. The van der Waals surface area contributed by atoms with Gasteiger partial charge in [0.1, 0.15) is 24.2 Å². The molecule has 0 radical (unpaired) electrons. The molecule has 32 heavy (non-hydrogen) atoms. The van der Waals surface area contributed by atoms with E-state index in [0.717, 1.165) is 57.1 Å². The first-order valence-corrected chi connectivity index (χ1v) is 12.0. The van der Waals surface area contributed by atoms with Gasteiger partial charge in [0.15, 0.2) is 0 Å². The highest BCUT2D eigenvalue weighted by Gasteiger charge is 2.24. The lowest BCUT2D eigenvalue weighted by Gasteiger charge is -2.29. The average molecular weight is 441 g/mol. The van der Waals surface area contributed by atoms with Crippen LogP contribution >= 0.6 is 0 Å².